The second-order valence-corrected chi connectivity index (χ2v) is 4.02. The van der Waals surface area contributed by atoms with Crippen LogP contribution in [0, 0.1) is 5.92 Å². The summed E-state index contributed by atoms with van der Waals surface area (Å²) in [4.78, 5) is 11.5. The van der Waals surface area contributed by atoms with Gasteiger partial charge in [0.2, 0.25) is 0 Å². The maximum atomic E-state index is 11.5. The highest BCUT2D eigenvalue weighted by Gasteiger charge is 2.47. The zero-order chi connectivity index (χ0) is 11.7. The first-order valence-electron chi connectivity index (χ1n) is 4.77. The molecule has 0 aliphatic carbocycles. The van der Waals surface area contributed by atoms with E-state index in [1.165, 1.54) is 0 Å². The van der Waals surface area contributed by atoms with Crippen molar-refractivity contribution < 1.29 is 30.0 Å². The van der Waals surface area contributed by atoms with Gasteiger partial charge >= 0.3 is 0 Å². The number of ether oxygens (including phenoxy) is 1. The number of hydrogen-bond donors (Lipinski definition) is 4. The molecular weight excluding hydrogens is 204 g/mol. The molecule has 1 aliphatic rings. The highest BCUT2D eigenvalue weighted by Crippen LogP contribution is 2.22. The van der Waals surface area contributed by atoms with Gasteiger partial charge in [-0.25, -0.2) is 0 Å². The van der Waals surface area contributed by atoms with Gasteiger partial charge in [0.1, 0.15) is 18.3 Å². The molecule has 1 heterocycles. The molecule has 15 heavy (non-hydrogen) atoms. The quantitative estimate of drug-likeness (QED) is 0.438. The monoisotopic (exact) mass is 220 g/mol. The molecule has 0 aromatic carbocycles. The minimum atomic E-state index is -1.59. The Morgan fingerprint density at radius 3 is 2.07 bits per heavy atom. The third-order valence-electron chi connectivity index (χ3n) is 2.44. The summed E-state index contributed by atoms with van der Waals surface area (Å²) in [5.41, 5.74) is 0. The van der Waals surface area contributed by atoms with Crippen LogP contribution >= 0.6 is 0 Å². The number of Topliss-reactive ketones (excluding diaryl/α,β-unsaturated/α-hetero) is 1. The van der Waals surface area contributed by atoms with Gasteiger partial charge in [-0.3, -0.25) is 4.79 Å². The van der Waals surface area contributed by atoms with Crippen LogP contribution in [-0.4, -0.2) is 56.9 Å². The van der Waals surface area contributed by atoms with Crippen molar-refractivity contribution in [1.82, 2.24) is 0 Å². The zero-order valence-corrected chi connectivity index (χ0v) is 8.57. The van der Waals surface area contributed by atoms with Crippen LogP contribution in [0.1, 0.15) is 13.8 Å². The largest absolute Gasteiger partial charge is 0.387 e. The third kappa shape index (κ3) is 2.35. The van der Waals surface area contributed by atoms with E-state index in [-0.39, 0.29) is 5.92 Å². The van der Waals surface area contributed by atoms with Gasteiger partial charge in [0.25, 0.3) is 0 Å². The van der Waals surface area contributed by atoms with Crippen LogP contribution in [0.5, 0.6) is 0 Å². The maximum absolute atomic E-state index is 11.5. The summed E-state index contributed by atoms with van der Waals surface area (Å²) < 4.78 is 4.66. The Labute approximate surface area is 87.1 Å². The van der Waals surface area contributed by atoms with E-state index in [1.807, 2.05) is 0 Å². The summed E-state index contributed by atoms with van der Waals surface area (Å²) in [6.45, 7) is 3.27. The zero-order valence-electron chi connectivity index (χ0n) is 8.57. The van der Waals surface area contributed by atoms with Gasteiger partial charge in [0.15, 0.2) is 18.2 Å². The Hall–Kier alpha value is -0.530. The summed E-state index contributed by atoms with van der Waals surface area (Å²) in [5, 5.41) is 37.0. The molecule has 0 spiro atoms. The number of ketones is 1. The molecule has 1 aliphatic heterocycles. The third-order valence-corrected chi connectivity index (χ3v) is 2.44. The van der Waals surface area contributed by atoms with Gasteiger partial charge in [0, 0.05) is 0 Å². The Morgan fingerprint density at radius 1 is 1.20 bits per heavy atom. The number of aliphatic hydroxyl groups is 4. The summed E-state index contributed by atoms with van der Waals surface area (Å²) in [6, 6.07) is 0. The predicted octanol–water partition coefficient (Wildman–Crippen LogP) is -1.99. The van der Waals surface area contributed by atoms with Crippen LogP contribution in [0.25, 0.3) is 0 Å². The normalized spacial score (nSPS) is 38.3. The van der Waals surface area contributed by atoms with E-state index in [0.29, 0.717) is 0 Å². The molecule has 1 saturated heterocycles. The Balaban J connectivity index is 2.70. The van der Waals surface area contributed by atoms with Gasteiger partial charge < -0.3 is 25.2 Å². The predicted molar refractivity (Wildman–Crippen MR) is 48.7 cm³/mol. The van der Waals surface area contributed by atoms with Crippen LogP contribution in [0.4, 0.5) is 0 Å². The van der Waals surface area contributed by atoms with Gasteiger partial charge in [-0.2, -0.15) is 0 Å². The SMILES string of the molecule is CC(C)C(O)C(=O)[C@H]1O[C@H](O)[C@H](O)[C@@H]1O. The van der Waals surface area contributed by atoms with Crippen molar-refractivity contribution in [3.8, 4) is 0 Å². The lowest BCUT2D eigenvalue weighted by atomic mass is 9.96. The second-order valence-electron chi connectivity index (χ2n) is 4.02. The molecule has 1 rings (SSSR count). The number of aliphatic hydroxyl groups excluding tert-OH is 4. The fourth-order valence-electron chi connectivity index (χ4n) is 1.39. The molecule has 0 saturated carbocycles. The molecule has 1 unspecified atom stereocenters. The average Bonchev–Trinajstić information content (AvgIpc) is 2.43. The standard InChI is InChI=1S/C9H16O6/c1-3(2)4(10)5(11)8-6(12)7(13)9(14)15-8/h3-4,6-10,12-14H,1-2H3/t4?,6-,7+,8+,9-/m0/s1. The van der Waals surface area contributed by atoms with Crippen molar-refractivity contribution in [3.63, 3.8) is 0 Å². The van der Waals surface area contributed by atoms with Crippen LogP contribution < -0.4 is 0 Å². The summed E-state index contributed by atoms with van der Waals surface area (Å²) in [5.74, 6) is -1.05. The molecule has 0 amide bonds. The lowest BCUT2D eigenvalue weighted by molar-refractivity contribution is -0.157. The van der Waals surface area contributed by atoms with Crippen molar-refractivity contribution in [2.75, 3.05) is 0 Å². The number of hydrogen-bond acceptors (Lipinski definition) is 6. The maximum Gasteiger partial charge on any atom is 0.193 e. The molecule has 5 atom stereocenters. The van der Waals surface area contributed by atoms with E-state index in [9.17, 15) is 15.0 Å². The van der Waals surface area contributed by atoms with E-state index in [4.69, 9.17) is 10.2 Å². The van der Waals surface area contributed by atoms with E-state index in [1.54, 1.807) is 13.8 Å². The molecule has 6 heteroatoms. The highest BCUT2D eigenvalue weighted by molar-refractivity contribution is 5.88. The van der Waals surface area contributed by atoms with Crippen LogP contribution in [-0.2, 0) is 9.53 Å². The lowest BCUT2D eigenvalue weighted by Crippen LogP contribution is -2.43. The van der Waals surface area contributed by atoms with Crippen molar-refractivity contribution in [1.29, 1.82) is 0 Å². The average molecular weight is 220 g/mol. The minimum Gasteiger partial charge on any atom is -0.387 e. The molecule has 0 aromatic rings. The molecule has 4 N–H and O–H groups in total. The first-order valence-corrected chi connectivity index (χ1v) is 4.77. The number of carbonyl (C=O) groups is 1. The topological polar surface area (TPSA) is 107 Å². The van der Waals surface area contributed by atoms with Gasteiger partial charge in [0.05, 0.1) is 0 Å². The van der Waals surface area contributed by atoms with E-state index in [2.05, 4.69) is 4.74 Å². The van der Waals surface area contributed by atoms with Gasteiger partial charge in [-0.15, -0.1) is 0 Å². The van der Waals surface area contributed by atoms with Gasteiger partial charge in [-0.1, -0.05) is 13.8 Å². The van der Waals surface area contributed by atoms with Crippen molar-refractivity contribution in [2.45, 2.75) is 44.6 Å². The van der Waals surface area contributed by atoms with Crippen LogP contribution in [0.3, 0.4) is 0 Å². The Kier molecular flexibility index (Phi) is 3.80. The molecule has 0 aromatic heterocycles. The van der Waals surface area contributed by atoms with Gasteiger partial charge in [-0.05, 0) is 5.92 Å². The lowest BCUT2D eigenvalue weighted by Gasteiger charge is -2.19. The Morgan fingerprint density at radius 2 is 1.73 bits per heavy atom. The summed E-state index contributed by atoms with van der Waals surface area (Å²) >= 11 is 0. The smallest absolute Gasteiger partial charge is 0.193 e. The van der Waals surface area contributed by atoms with Crippen LogP contribution in [0.2, 0.25) is 0 Å². The summed E-state index contributed by atoms with van der Waals surface area (Å²) in [6.07, 6.45) is -7.25. The van der Waals surface area contributed by atoms with E-state index < -0.39 is 36.5 Å². The molecule has 0 bridgehead atoms. The molecule has 6 nitrogen and oxygen atoms in total. The number of rotatable bonds is 3. The number of carbonyl (C=O) groups excluding carboxylic acids is 1. The fraction of sp³-hybridized carbons (Fsp3) is 0.889. The van der Waals surface area contributed by atoms with Crippen molar-refractivity contribution >= 4 is 5.78 Å². The Bertz CT molecular complexity index is 241. The first kappa shape index (κ1) is 12.5. The highest BCUT2D eigenvalue weighted by atomic mass is 16.6. The van der Waals surface area contributed by atoms with Crippen LogP contribution in [0.15, 0.2) is 0 Å². The fourth-order valence-corrected chi connectivity index (χ4v) is 1.39. The van der Waals surface area contributed by atoms with Crippen molar-refractivity contribution in [2.24, 2.45) is 5.92 Å². The molecule has 0 radical (unpaired) electrons. The van der Waals surface area contributed by atoms with E-state index in [0.717, 1.165) is 0 Å². The molecule has 1 fully saturated rings. The molecular formula is C9H16O6. The second kappa shape index (κ2) is 4.54. The minimum absolute atomic E-state index is 0.316. The van der Waals surface area contributed by atoms with Crippen molar-refractivity contribution in [3.05, 3.63) is 0 Å². The van der Waals surface area contributed by atoms with E-state index >= 15 is 0 Å². The molecule has 88 valence electrons. The summed E-state index contributed by atoms with van der Waals surface area (Å²) in [7, 11) is 0. The first-order chi connectivity index (χ1) is 6.86.